The van der Waals surface area contributed by atoms with Crippen LogP contribution in [0.15, 0.2) is 11.6 Å². The van der Waals surface area contributed by atoms with Crippen LogP contribution in [0.1, 0.15) is 51.9 Å². The predicted molar refractivity (Wildman–Crippen MR) is 51.1 cm³/mol. The zero-order chi connectivity index (χ0) is 8.81. The summed E-state index contributed by atoms with van der Waals surface area (Å²) in [5.41, 5.74) is 1.46. The molecule has 0 saturated heterocycles. The van der Waals surface area contributed by atoms with Crippen molar-refractivity contribution in [2.24, 2.45) is 0 Å². The van der Waals surface area contributed by atoms with E-state index in [0.29, 0.717) is 5.78 Å². The van der Waals surface area contributed by atoms with Crippen molar-refractivity contribution in [3.8, 4) is 0 Å². The van der Waals surface area contributed by atoms with Crippen LogP contribution in [-0.2, 0) is 4.79 Å². The second-order valence-electron chi connectivity index (χ2n) is 3.69. The smallest absolute Gasteiger partial charge is 0.132 e. The summed E-state index contributed by atoms with van der Waals surface area (Å²) in [5.74, 6) is 0.463. The largest absolute Gasteiger partial charge is 0.300 e. The predicted octanol–water partition coefficient (Wildman–Crippen LogP) is 3.25. The van der Waals surface area contributed by atoms with Crippen LogP contribution in [0, 0.1) is 0 Å². The second kappa shape index (κ2) is 5.13. The lowest BCUT2D eigenvalue weighted by Gasteiger charge is -2.05. The number of hydrogen-bond donors (Lipinski definition) is 0. The molecule has 0 saturated carbocycles. The van der Waals surface area contributed by atoms with Gasteiger partial charge in [-0.05, 0) is 39.0 Å². The summed E-state index contributed by atoms with van der Waals surface area (Å²) in [5, 5.41) is 0. The minimum atomic E-state index is 0.463. The Morgan fingerprint density at radius 2 is 1.83 bits per heavy atom. The van der Waals surface area contributed by atoms with Gasteiger partial charge in [-0.1, -0.05) is 11.6 Å². The van der Waals surface area contributed by atoms with E-state index in [0.717, 1.165) is 32.1 Å². The Balaban J connectivity index is 2.39. The number of hydrogen-bond acceptors (Lipinski definition) is 1. The first-order valence-electron chi connectivity index (χ1n) is 4.96. The summed E-state index contributed by atoms with van der Waals surface area (Å²) in [7, 11) is 0. The first kappa shape index (κ1) is 9.50. The molecule has 12 heavy (non-hydrogen) atoms. The second-order valence-corrected chi connectivity index (χ2v) is 3.69. The molecule has 68 valence electrons. The van der Waals surface area contributed by atoms with E-state index in [9.17, 15) is 4.79 Å². The fourth-order valence-electron chi connectivity index (χ4n) is 1.61. The Labute approximate surface area is 74.9 Å². The number of carbonyl (C=O) groups is 1. The molecular weight excluding hydrogens is 148 g/mol. The quantitative estimate of drug-likeness (QED) is 0.505. The van der Waals surface area contributed by atoms with Crippen molar-refractivity contribution < 1.29 is 4.79 Å². The molecule has 1 rings (SSSR count). The van der Waals surface area contributed by atoms with Crippen molar-refractivity contribution in [2.45, 2.75) is 51.9 Å². The Morgan fingerprint density at radius 1 is 1.08 bits per heavy atom. The van der Waals surface area contributed by atoms with Crippen molar-refractivity contribution in [1.29, 1.82) is 0 Å². The van der Waals surface area contributed by atoms with Crippen molar-refractivity contribution in [2.75, 3.05) is 0 Å². The maximum atomic E-state index is 11.2. The van der Waals surface area contributed by atoms with Crippen LogP contribution in [-0.4, -0.2) is 5.78 Å². The molecule has 0 aromatic carbocycles. The zero-order valence-electron chi connectivity index (χ0n) is 7.94. The molecule has 0 aromatic rings. The van der Waals surface area contributed by atoms with Gasteiger partial charge in [0.2, 0.25) is 0 Å². The Kier molecular flexibility index (Phi) is 4.06. The molecule has 0 atom stereocenters. The highest BCUT2D eigenvalue weighted by Crippen LogP contribution is 2.14. The molecule has 0 fully saturated rings. The van der Waals surface area contributed by atoms with Crippen LogP contribution in [0.25, 0.3) is 0 Å². The van der Waals surface area contributed by atoms with Gasteiger partial charge in [-0.15, -0.1) is 0 Å². The lowest BCUT2D eigenvalue weighted by atomic mass is 10.0. The van der Waals surface area contributed by atoms with Gasteiger partial charge in [-0.3, -0.25) is 4.79 Å². The van der Waals surface area contributed by atoms with Gasteiger partial charge in [0.25, 0.3) is 0 Å². The van der Waals surface area contributed by atoms with E-state index in [2.05, 4.69) is 13.0 Å². The van der Waals surface area contributed by atoms with E-state index >= 15 is 0 Å². The molecule has 1 aliphatic carbocycles. The average molecular weight is 166 g/mol. The molecule has 1 nitrogen and oxygen atoms in total. The van der Waals surface area contributed by atoms with E-state index in [1.54, 1.807) is 0 Å². The molecule has 0 aliphatic heterocycles. The summed E-state index contributed by atoms with van der Waals surface area (Å²) in [6.07, 6.45) is 9.55. The number of carbonyl (C=O) groups excluding carboxylic acids is 1. The van der Waals surface area contributed by atoms with Gasteiger partial charge in [-0.2, -0.15) is 0 Å². The van der Waals surface area contributed by atoms with Gasteiger partial charge in [-0.25, -0.2) is 0 Å². The van der Waals surface area contributed by atoms with Crippen LogP contribution in [0.5, 0.6) is 0 Å². The average Bonchev–Trinajstić information content (AvgIpc) is 2.04. The van der Waals surface area contributed by atoms with Crippen molar-refractivity contribution in [3.63, 3.8) is 0 Å². The maximum absolute atomic E-state index is 11.2. The monoisotopic (exact) mass is 166 g/mol. The molecule has 0 N–H and O–H groups in total. The summed E-state index contributed by atoms with van der Waals surface area (Å²) in [6, 6.07) is 0. The highest BCUT2D eigenvalue weighted by Gasteiger charge is 2.03. The van der Waals surface area contributed by atoms with Crippen LogP contribution in [0.4, 0.5) is 0 Å². The fraction of sp³-hybridized carbons (Fsp3) is 0.727. The van der Waals surface area contributed by atoms with Gasteiger partial charge < -0.3 is 0 Å². The van der Waals surface area contributed by atoms with E-state index in [1.807, 2.05) is 0 Å². The molecular formula is C11H18O. The molecule has 1 aliphatic rings. The van der Waals surface area contributed by atoms with E-state index in [1.165, 1.54) is 18.4 Å². The highest BCUT2D eigenvalue weighted by atomic mass is 16.1. The summed E-state index contributed by atoms with van der Waals surface area (Å²) in [6.45, 7) is 2.17. The number of ketones is 1. The number of Topliss-reactive ketones (excluding diaryl/α,β-unsaturated/α-hetero) is 1. The first-order chi connectivity index (χ1) is 5.79. The molecule has 0 radical (unpaired) electrons. The Bertz CT molecular complexity index is 179. The number of rotatable bonds is 0. The maximum Gasteiger partial charge on any atom is 0.132 e. The third-order valence-corrected chi connectivity index (χ3v) is 2.43. The van der Waals surface area contributed by atoms with Crippen molar-refractivity contribution in [3.05, 3.63) is 11.6 Å². The van der Waals surface area contributed by atoms with E-state index in [4.69, 9.17) is 0 Å². The van der Waals surface area contributed by atoms with Crippen molar-refractivity contribution in [1.82, 2.24) is 0 Å². The van der Waals surface area contributed by atoms with E-state index in [-0.39, 0.29) is 0 Å². The highest BCUT2D eigenvalue weighted by molar-refractivity contribution is 5.78. The normalized spacial score (nSPS) is 26.1. The fourth-order valence-corrected chi connectivity index (χ4v) is 1.61. The van der Waals surface area contributed by atoms with Crippen molar-refractivity contribution >= 4 is 5.78 Å². The van der Waals surface area contributed by atoms with Crippen LogP contribution in [0.3, 0.4) is 0 Å². The molecule has 1 heteroatoms. The summed E-state index contributed by atoms with van der Waals surface area (Å²) in [4.78, 5) is 11.2. The van der Waals surface area contributed by atoms with Gasteiger partial charge in [0.05, 0.1) is 0 Å². The number of allylic oxidation sites excluding steroid dienone is 2. The van der Waals surface area contributed by atoms with Crippen LogP contribution < -0.4 is 0 Å². The standard InChI is InChI=1S/C11H18O/c1-10-6-3-2-4-8-11(12)9-5-7-10/h6H,2-5,7-9H2,1H3/b10-6-. The van der Waals surface area contributed by atoms with E-state index < -0.39 is 0 Å². The Morgan fingerprint density at radius 3 is 2.67 bits per heavy atom. The zero-order valence-corrected chi connectivity index (χ0v) is 7.94. The molecule has 0 heterocycles. The SMILES string of the molecule is C/C1=C/CCCCC(=O)CCC1. The third-order valence-electron chi connectivity index (χ3n) is 2.43. The van der Waals surface area contributed by atoms with Gasteiger partial charge in [0, 0.05) is 12.8 Å². The van der Waals surface area contributed by atoms with Gasteiger partial charge >= 0.3 is 0 Å². The lowest BCUT2D eigenvalue weighted by Crippen LogP contribution is -1.98. The lowest BCUT2D eigenvalue weighted by molar-refractivity contribution is -0.119. The molecule has 0 aromatic heterocycles. The summed E-state index contributed by atoms with van der Waals surface area (Å²) >= 11 is 0. The van der Waals surface area contributed by atoms with Gasteiger partial charge in [0.1, 0.15) is 5.78 Å². The van der Waals surface area contributed by atoms with Gasteiger partial charge in [0.15, 0.2) is 0 Å². The minimum absolute atomic E-state index is 0.463. The minimum Gasteiger partial charge on any atom is -0.300 e. The molecule has 0 unspecified atom stereocenters. The third kappa shape index (κ3) is 3.70. The van der Waals surface area contributed by atoms with Crippen LogP contribution >= 0.6 is 0 Å². The molecule has 0 spiro atoms. The van der Waals surface area contributed by atoms with Crippen LogP contribution in [0.2, 0.25) is 0 Å². The Hall–Kier alpha value is -0.590. The first-order valence-corrected chi connectivity index (χ1v) is 4.96. The molecule has 0 bridgehead atoms. The molecule has 0 amide bonds. The topological polar surface area (TPSA) is 17.1 Å². The summed E-state index contributed by atoms with van der Waals surface area (Å²) < 4.78 is 0.